The normalized spacial score (nSPS) is 10.5. The van der Waals surface area contributed by atoms with Gasteiger partial charge in [-0.2, -0.15) is 20.1 Å². The Morgan fingerprint density at radius 2 is 2.20 bits per heavy atom. The smallest absolute Gasteiger partial charge is 0.320 e. The molecule has 0 bridgehead atoms. The summed E-state index contributed by atoms with van der Waals surface area (Å²) in [6.07, 6.45) is 4.27. The first-order chi connectivity index (χ1) is 9.72. The second-order valence-electron chi connectivity index (χ2n) is 4.27. The van der Waals surface area contributed by atoms with Gasteiger partial charge in [0.1, 0.15) is 11.5 Å². The number of hydrogen-bond acceptors (Lipinski definition) is 4. The molecule has 0 atom stereocenters. The number of urea groups is 1. The maximum atomic E-state index is 11.8. The van der Waals surface area contributed by atoms with Crippen LogP contribution in [0.3, 0.4) is 0 Å². The third kappa shape index (κ3) is 3.56. The van der Waals surface area contributed by atoms with E-state index in [4.69, 9.17) is 0 Å². The second-order valence-corrected chi connectivity index (χ2v) is 4.27. The lowest BCUT2D eigenvalue weighted by Gasteiger charge is -2.08. The van der Waals surface area contributed by atoms with Gasteiger partial charge < -0.3 is 5.32 Å². The van der Waals surface area contributed by atoms with E-state index in [1.165, 1.54) is 0 Å². The van der Waals surface area contributed by atoms with Crippen LogP contribution in [-0.4, -0.2) is 30.8 Å². The maximum absolute atomic E-state index is 11.8. The number of aryl methyl sites for hydroxylation is 2. The predicted octanol–water partition coefficient (Wildman–Crippen LogP) is 1.23. The Morgan fingerprint density at radius 3 is 2.90 bits per heavy atom. The van der Waals surface area contributed by atoms with Crippen molar-refractivity contribution in [2.24, 2.45) is 0 Å². The van der Waals surface area contributed by atoms with Crippen LogP contribution in [0.25, 0.3) is 0 Å². The van der Waals surface area contributed by atoms with E-state index >= 15 is 0 Å². The van der Waals surface area contributed by atoms with Crippen LogP contribution in [0, 0.1) is 0 Å². The molecule has 2 amide bonds. The summed E-state index contributed by atoms with van der Waals surface area (Å²) < 4.78 is 1.76. The molecule has 108 valence electrons. The van der Waals surface area contributed by atoms with E-state index in [2.05, 4.69) is 32.9 Å². The van der Waals surface area contributed by atoms with Crippen LogP contribution in [0.15, 0.2) is 18.5 Å². The molecule has 0 unspecified atom stereocenters. The summed E-state index contributed by atoms with van der Waals surface area (Å²) in [5.41, 5.74) is 0.726. The molecule has 20 heavy (non-hydrogen) atoms. The van der Waals surface area contributed by atoms with Crippen LogP contribution in [-0.2, 0) is 19.6 Å². The lowest BCUT2D eigenvalue weighted by molar-refractivity contribution is 0.251. The highest BCUT2D eigenvalue weighted by Crippen LogP contribution is 2.06. The van der Waals surface area contributed by atoms with Crippen molar-refractivity contribution in [2.45, 2.75) is 39.9 Å². The lowest BCUT2D eigenvalue weighted by atomic mass is 10.5. The van der Waals surface area contributed by atoms with Gasteiger partial charge >= 0.3 is 6.03 Å². The molecule has 0 aliphatic carbocycles. The first kappa shape index (κ1) is 14.0. The lowest BCUT2D eigenvalue weighted by Crippen LogP contribution is -2.29. The highest BCUT2D eigenvalue weighted by Gasteiger charge is 2.07. The number of amides is 2. The Bertz CT molecular complexity index is 560. The van der Waals surface area contributed by atoms with Gasteiger partial charge in [-0.3, -0.25) is 5.32 Å². The van der Waals surface area contributed by atoms with Gasteiger partial charge in [0.2, 0.25) is 0 Å². The fraction of sp³-hybridized carbons (Fsp3) is 0.500. The standard InChI is InChI=1S/C12H19N7O/c1-3-7-18-11(5-6-14-18)16-12(20)13-8-10-9-15-19(4-2)17-10/h5-6,9H,3-4,7-8H2,1-2H3,(H2,13,16,20). The van der Waals surface area contributed by atoms with E-state index in [1.807, 2.05) is 6.92 Å². The Hall–Kier alpha value is -2.38. The minimum absolute atomic E-state index is 0.283. The minimum atomic E-state index is -0.283. The first-order valence-corrected chi connectivity index (χ1v) is 6.68. The molecular weight excluding hydrogens is 258 g/mol. The largest absolute Gasteiger partial charge is 0.332 e. The number of rotatable bonds is 6. The Labute approximate surface area is 117 Å². The molecule has 0 aliphatic rings. The minimum Gasteiger partial charge on any atom is -0.332 e. The van der Waals surface area contributed by atoms with E-state index in [0.29, 0.717) is 18.9 Å². The summed E-state index contributed by atoms with van der Waals surface area (Å²) in [6.45, 7) is 5.84. The molecule has 0 radical (unpaired) electrons. The molecule has 0 spiro atoms. The summed E-state index contributed by atoms with van der Waals surface area (Å²) in [6, 6.07) is 1.48. The molecule has 0 saturated heterocycles. The number of carbonyl (C=O) groups is 1. The van der Waals surface area contributed by atoms with Gasteiger partial charge in [-0.15, -0.1) is 0 Å². The zero-order valence-electron chi connectivity index (χ0n) is 11.7. The topological polar surface area (TPSA) is 89.7 Å². The van der Waals surface area contributed by atoms with Crippen molar-refractivity contribution in [3.63, 3.8) is 0 Å². The van der Waals surface area contributed by atoms with Crippen molar-refractivity contribution in [1.82, 2.24) is 30.1 Å². The van der Waals surface area contributed by atoms with Gasteiger partial charge in [0.25, 0.3) is 0 Å². The van der Waals surface area contributed by atoms with Crippen molar-refractivity contribution in [2.75, 3.05) is 5.32 Å². The van der Waals surface area contributed by atoms with Gasteiger partial charge in [0, 0.05) is 12.6 Å². The van der Waals surface area contributed by atoms with Gasteiger partial charge in [-0.25, -0.2) is 9.48 Å². The summed E-state index contributed by atoms with van der Waals surface area (Å²) >= 11 is 0. The van der Waals surface area contributed by atoms with Crippen LogP contribution in [0.2, 0.25) is 0 Å². The van der Waals surface area contributed by atoms with Gasteiger partial charge in [0.15, 0.2) is 0 Å². The van der Waals surface area contributed by atoms with E-state index in [0.717, 1.165) is 18.7 Å². The number of nitrogens with one attached hydrogen (secondary N) is 2. The van der Waals surface area contributed by atoms with Crippen molar-refractivity contribution < 1.29 is 4.79 Å². The maximum Gasteiger partial charge on any atom is 0.320 e. The number of anilines is 1. The third-order valence-corrected chi connectivity index (χ3v) is 2.69. The fourth-order valence-electron chi connectivity index (χ4n) is 1.73. The van der Waals surface area contributed by atoms with E-state index < -0.39 is 0 Å². The van der Waals surface area contributed by atoms with Gasteiger partial charge in [0.05, 0.1) is 25.5 Å². The summed E-state index contributed by atoms with van der Waals surface area (Å²) in [5.74, 6) is 0.682. The quantitative estimate of drug-likeness (QED) is 0.831. The summed E-state index contributed by atoms with van der Waals surface area (Å²) in [5, 5.41) is 17.9. The molecule has 0 fully saturated rings. The summed E-state index contributed by atoms with van der Waals surface area (Å²) in [4.78, 5) is 13.4. The highest BCUT2D eigenvalue weighted by atomic mass is 16.2. The van der Waals surface area contributed by atoms with Crippen molar-refractivity contribution in [3.05, 3.63) is 24.2 Å². The van der Waals surface area contributed by atoms with Crippen LogP contribution in [0.5, 0.6) is 0 Å². The molecule has 8 nitrogen and oxygen atoms in total. The van der Waals surface area contributed by atoms with E-state index in [-0.39, 0.29) is 6.03 Å². The van der Waals surface area contributed by atoms with Crippen LogP contribution >= 0.6 is 0 Å². The molecule has 2 aromatic heterocycles. The zero-order valence-corrected chi connectivity index (χ0v) is 11.7. The second kappa shape index (κ2) is 6.69. The van der Waals surface area contributed by atoms with Crippen LogP contribution < -0.4 is 10.6 Å². The summed E-state index contributed by atoms with van der Waals surface area (Å²) in [7, 11) is 0. The van der Waals surface area contributed by atoms with Gasteiger partial charge in [-0.05, 0) is 13.3 Å². The van der Waals surface area contributed by atoms with Gasteiger partial charge in [-0.1, -0.05) is 6.92 Å². The van der Waals surface area contributed by atoms with E-state index in [1.54, 1.807) is 27.9 Å². The van der Waals surface area contributed by atoms with Crippen molar-refractivity contribution in [1.29, 1.82) is 0 Å². The fourth-order valence-corrected chi connectivity index (χ4v) is 1.73. The number of aromatic nitrogens is 5. The monoisotopic (exact) mass is 277 g/mol. The zero-order chi connectivity index (χ0) is 14.4. The van der Waals surface area contributed by atoms with Crippen LogP contribution in [0.1, 0.15) is 26.0 Å². The molecule has 0 aromatic carbocycles. The molecule has 0 aliphatic heterocycles. The molecule has 8 heteroatoms. The van der Waals surface area contributed by atoms with E-state index in [9.17, 15) is 4.79 Å². The van der Waals surface area contributed by atoms with Crippen LogP contribution in [0.4, 0.5) is 10.6 Å². The highest BCUT2D eigenvalue weighted by molar-refractivity contribution is 5.88. The average molecular weight is 277 g/mol. The van der Waals surface area contributed by atoms with Crippen molar-refractivity contribution in [3.8, 4) is 0 Å². The number of nitrogens with zero attached hydrogens (tertiary/aromatic N) is 5. The molecule has 0 saturated carbocycles. The SMILES string of the molecule is CCCn1nccc1NC(=O)NCc1cnn(CC)n1. The first-order valence-electron chi connectivity index (χ1n) is 6.68. The Balaban J connectivity index is 1.84. The molecule has 2 aromatic rings. The number of carbonyl (C=O) groups excluding carboxylic acids is 1. The third-order valence-electron chi connectivity index (χ3n) is 2.69. The Morgan fingerprint density at radius 1 is 1.35 bits per heavy atom. The molecule has 2 heterocycles. The molecular formula is C12H19N7O. The number of hydrogen-bond donors (Lipinski definition) is 2. The molecule has 2 rings (SSSR count). The molecule has 2 N–H and O–H groups in total. The Kier molecular flexibility index (Phi) is 4.70. The van der Waals surface area contributed by atoms with Crippen molar-refractivity contribution >= 4 is 11.8 Å². The predicted molar refractivity (Wildman–Crippen MR) is 74.1 cm³/mol. The average Bonchev–Trinajstić information content (AvgIpc) is 3.07.